The summed E-state index contributed by atoms with van der Waals surface area (Å²) >= 11 is 0. The molecule has 82 valence electrons. The number of ether oxygens (including phenoxy) is 2. The van der Waals surface area contributed by atoms with Gasteiger partial charge in [-0.2, -0.15) is 0 Å². The Bertz CT molecular complexity index is 425. The molecule has 0 aromatic heterocycles. The topological polar surface area (TPSA) is 52.6 Å². The number of carbonyl (C=O) groups is 2. The molecule has 4 nitrogen and oxygen atoms in total. The van der Waals surface area contributed by atoms with Gasteiger partial charge in [0.05, 0.1) is 12.7 Å². The first-order valence-corrected chi connectivity index (χ1v) is 4.53. The summed E-state index contributed by atoms with van der Waals surface area (Å²) in [6.45, 7) is -0.136. The van der Waals surface area contributed by atoms with E-state index in [2.05, 4.69) is 16.6 Å². The number of hydrogen-bond donors (Lipinski definition) is 0. The van der Waals surface area contributed by atoms with Crippen molar-refractivity contribution in [1.29, 1.82) is 0 Å². The van der Waals surface area contributed by atoms with Gasteiger partial charge in [-0.15, -0.1) is 0 Å². The third-order valence-corrected chi connectivity index (χ3v) is 1.66. The maximum atomic E-state index is 11.4. The van der Waals surface area contributed by atoms with E-state index >= 15 is 0 Å². The van der Waals surface area contributed by atoms with E-state index in [1.165, 1.54) is 7.11 Å². The standard InChI is InChI=1S/C12H10O4/c1-15-11(13)8-5-9-16-12(14)10-6-3-2-4-7-10/h2-4,6-7H,9H2,1H3. The van der Waals surface area contributed by atoms with E-state index < -0.39 is 11.9 Å². The maximum absolute atomic E-state index is 11.4. The molecule has 0 saturated heterocycles. The lowest BCUT2D eigenvalue weighted by atomic mass is 10.2. The first-order chi connectivity index (χ1) is 7.74. The summed E-state index contributed by atoms with van der Waals surface area (Å²) in [6.07, 6.45) is 0. The van der Waals surface area contributed by atoms with Gasteiger partial charge in [-0.25, -0.2) is 9.59 Å². The number of methoxy groups -OCH3 is 1. The van der Waals surface area contributed by atoms with Crippen LogP contribution in [0.4, 0.5) is 0 Å². The lowest BCUT2D eigenvalue weighted by Gasteiger charge is -1.99. The smallest absolute Gasteiger partial charge is 0.384 e. The Labute approximate surface area is 93.2 Å². The largest absolute Gasteiger partial charge is 0.459 e. The monoisotopic (exact) mass is 218 g/mol. The van der Waals surface area contributed by atoms with Gasteiger partial charge in [0, 0.05) is 5.92 Å². The van der Waals surface area contributed by atoms with Gasteiger partial charge >= 0.3 is 11.9 Å². The minimum Gasteiger partial charge on any atom is -0.459 e. The van der Waals surface area contributed by atoms with Crippen LogP contribution in [0.2, 0.25) is 0 Å². The number of hydrogen-bond acceptors (Lipinski definition) is 4. The minimum absolute atomic E-state index is 0.136. The van der Waals surface area contributed by atoms with Gasteiger partial charge in [-0.05, 0) is 18.1 Å². The second-order valence-corrected chi connectivity index (χ2v) is 2.74. The molecule has 0 saturated carbocycles. The first-order valence-electron chi connectivity index (χ1n) is 4.53. The summed E-state index contributed by atoms with van der Waals surface area (Å²) in [7, 11) is 1.23. The van der Waals surface area contributed by atoms with Gasteiger partial charge in [0.25, 0.3) is 0 Å². The first kappa shape index (κ1) is 11.8. The Morgan fingerprint density at radius 1 is 1.25 bits per heavy atom. The number of esters is 2. The van der Waals surface area contributed by atoms with Crippen molar-refractivity contribution in [3.63, 3.8) is 0 Å². The molecule has 0 amide bonds. The second kappa shape index (κ2) is 6.25. The molecule has 0 heterocycles. The summed E-state index contributed by atoms with van der Waals surface area (Å²) in [5.41, 5.74) is 0.447. The fraction of sp³-hybridized carbons (Fsp3) is 0.167. The number of benzene rings is 1. The molecule has 1 aromatic carbocycles. The Balaban J connectivity index is 2.42. The minimum atomic E-state index is -0.657. The molecule has 0 radical (unpaired) electrons. The van der Waals surface area contributed by atoms with Crippen molar-refractivity contribution < 1.29 is 19.1 Å². The van der Waals surface area contributed by atoms with E-state index in [0.717, 1.165) is 0 Å². The van der Waals surface area contributed by atoms with E-state index in [0.29, 0.717) is 5.56 Å². The quantitative estimate of drug-likeness (QED) is 0.422. The zero-order chi connectivity index (χ0) is 11.8. The highest BCUT2D eigenvalue weighted by atomic mass is 16.5. The van der Waals surface area contributed by atoms with Crippen molar-refractivity contribution in [2.24, 2.45) is 0 Å². The molecular formula is C12H10O4. The van der Waals surface area contributed by atoms with Crippen LogP contribution in [-0.4, -0.2) is 25.7 Å². The molecule has 0 aliphatic heterocycles. The highest BCUT2D eigenvalue weighted by Crippen LogP contribution is 2.00. The summed E-state index contributed by atoms with van der Waals surface area (Å²) in [6, 6.07) is 8.54. The zero-order valence-electron chi connectivity index (χ0n) is 8.73. The van der Waals surface area contributed by atoms with Crippen LogP contribution in [0.1, 0.15) is 10.4 Å². The molecule has 16 heavy (non-hydrogen) atoms. The average Bonchev–Trinajstić information content (AvgIpc) is 2.35. The van der Waals surface area contributed by atoms with Gasteiger partial charge in [-0.1, -0.05) is 18.2 Å². The second-order valence-electron chi connectivity index (χ2n) is 2.74. The normalized spacial score (nSPS) is 8.56. The molecule has 1 rings (SSSR count). The van der Waals surface area contributed by atoms with Crippen LogP contribution in [-0.2, 0) is 14.3 Å². The lowest BCUT2D eigenvalue weighted by molar-refractivity contribution is -0.133. The SMILES string of the molecule is COC(=O)C#CCOC(=O)c1ccccc1. The molecule has 0 fully saturated rings. The molecule has 0 aliphatic rings. The molecule has 0 atom stereocenters. The summed E-state index contributed by atoms with van der Waals surface area (Å²) in [4.78, 5) is 21.9. The van der Waals surface area contributed by atoms with E-state index in [-0.39, 0.29) is 6.61 Å². The predicted molar refractivity (Wildman–Crippen MR) is 56.5 cm³/mol. The van der Waals surface area contributed by atoms with Crippen molar-refractivity contribution in [1.82, 2.24) is 0 Å². The Kier molecular flexibility index (Phi) is 4.61. The highest BCUT2D eigenvalue weighted by molar-refractivity contribution is 5.90. The number of carbonyl (C=O) groups excluding carboxylic acids is 2. The Morgan fingerprint density at radius 2 is 1.94 bits per heavy atom. The molecule has 0 unspecified atom stereocenters. The molecule has 0 bridgehead atoms. The van der Waals surface area contributed by atoms with E-state index in [1.807, 2.05) is 0 Å². The zero-order valence-corrected chi connectivity index (χ0v) is 8.73. The third kappa shape index (κ3) is 3.84. The van der Waals surface area contributed by atoms with Crippen molar-refractivity contribution in [3.8, 4) is 11.8 Å². The van der Waals surface area contributed by atoms with Gasteiger partial charge in [0.2, 0.25) is 0 Å². The van der Waals surface area contributed by atoms with Gasteiger partial charge in [-0.3, -0.25) is 0 Å². The van der Waals surface area contributed by atoms with Crippen molar-refractivity contribution in [3.05, 3.63) is 35.9 Å². The fourth-order valence-corrected chi connectivity index (χ4v) is 0.918. The third-order valence-electron chi connectivity index (χ3n) is 1.66. The van der Waals surface area contributed by atoms with Crippen LogP contribution in [0.3, 0.4) is 0 Å². The Hall–Kier alpha value is -2.28. The van der Waals surface area contributed by atoms with E-state index in [9.17, 15) is 9.59 Å². The molecule has 0 spiro atoms. The van der Waals surface area contributed by atoms with Crippen molar-refractivity contribution in [2.45, 2.75) is 0 Å². The van der Waals surface area contributed by atoms with Gasteiger partial charge in [0.1, 0.15) is 0 Å². The molecule has 0 N–H and O–H groups in total. The number of rotatable bonds is 2. The van der Waals surface area contributed by atoms with E-state index in [4.69, 9.17) is 4.74 Å². The van der Waals surface area contributed by atoms with Crippen LogP contribution in [0.15, 0.2) is 30.3 Å². The molecular weight excluding hydrogens is 208 g/mol. The highest BCUT2D eigenvalue weighted by Gasteiger charge is 2.03. The summed E-state index contributed by atoms with van der Waals surface area (Å²) in [5, 5.41) is 0. The van der Waals surface area contributed by atoms with Crippen LogP contribution in [0.25, 0.3) is 0 Å². The molecule has 0 aliphatic carbocycles. The van der Waals surface area contributed by atoms with Crippen LogP contribution in [0.5, 0.6) is 0 Å². The van der Waals surface area contributed by atoms with Crippen LogP contribution in [0, 0.1) is 11.8 Å². The Morgan fingerprint density at radius 3 is 2.56 bits per heavy atom. The van der Waals surface area contributed by atoms with Gasteiger partial charge < -0.3 is 9.47 Å². The summed E-state index contributed by atoms with van der Waals surface area (Å²) in [5.74, 6) is 3.39. The predicted octanol–water partition coefficient (Wildman–Crippen LogP) is 1.02. The molecule has 1 aromatic rings. The fourth-order valence-electron chi connectivity index (χ4n) is 0.918. The van der Waals surface area contributed by atoms with Gasteiger partial charge in [0.15, 0.2) is 6.61 Å². The van der Waals surface area contributed by atoms with Crippen LogP contribution >= 0.6 is 0 Å². The molecule has 4 heteroatoms. The average molecular weight is 218 g/mol. The van der Waals surface area contributed by atoms with Crippen molar-refractivity contribution in [2.75, 3.05) is 13.7 Å². The van der Waals surface area contributed by atoms with Crippen LogP contribution < -0.4 is 0 Å². The maximum Gasteiger partial charge on any atom is 0.384 e. The van der Waals surface area contributed by atoms with E-state index in [1.54, 1.807) is 30.3 Å². The van der Waals surface area contributed by atoms with Crippen molar-refractivity contribution >= 4 is 11.9 Å². The summed E-state index contributed by atoms with van der Waals surface area (Å²) < 4.78 is 9.09. The lowest BCUT2D eigenvalue weighted by Crippen LogP contribution is -2.05.